The summed E-state index contributed by atoms with van der Waals surface area (Å²) >= 11 is 17.7. The minimum absolute atomic E-state index is 0.0192. The molecule has 43 heavy (non-hydrogen) atoms. The van der Waals surface area contributed by atoms with Crippen molar-refractivity contribution in [1.29, 1.82) is 0 Å². The summed E-state index contributed by atoms with van der Waals surface area (Å²) in [5.41, 5.74) is 0.181. The van der Waals surface area contributed by atoms with Gasteiger partial charge in [-0.05, 0) is 43.0 Å². The van der Waals surface area contributed by atoms with Gasteiger partial charge in [-0.15, -0.1) is 23.2 Å². The highest BCUT2D eigenvalue weighted by Crippen LogP contribution is 2.66. The average molecular weight is 694 g/mol. The molecule has 6 atom stereocenters. The lowest BCUT2D eigenvalue weighted by atomic mass is 9.56. The summed E-state index contributed by atoms with van der Waals surface area (Å²) in [5.74, 6) is -9.00. The fourth-order valence-electron chi connectivity index (χ4n) is 7.15. The van der Waals surface area contributed by atoms with Gasteiger partial charge in [0.25, 0.3) is 11.8 Å². The number of imide groups is 2. The molecule has 3 N–H and O–H groups in total. The number of fused-ring (bicyclic) bond motifs is 4. The zero-order valence-corrected chi connectivity index (χ0v) is 25.6. The summed E-state index contributed by atoms with van der Waals surface area (Å²) in [4.78, 5) is 64.0. The lowest BCUT2D eigenvalue weighted by molar-refractivity contribution is -0.138. The molecule has 2 aromatic carbocycles. The van der Waals surface area contributed by atoms with Gasteiger partial charge in [-0.25, -0.2) is 9.69 Å². The van der Waals surface area contributed by atoms with E-state index in [0.29, 0.717) is 10.0 Å². The number of hydrogen-bond acceptors (Lipinski definition) is 8. The fourth-order valence-corrected chi connectivity index (χ4v) is 8.62. The van der Waals surface area contributed by atoms with Crippen LogP contribution in [0, 0.1) is 17.8 Å². The van der Waals surface area contributed by atoms with Crippen molar-refractivity contribution in [3.8, 4) is 17.2 Å². The Labute approximate surface area is 262 Å². The van der Waals surface area contributed by atoms with Crippen LogP contribution >= 0.6 is 39.1 Å². The number of hydrogen-bond donors (Lipinski definition) is 3. The Morgan fingerprint density at radius 1 is 1.05 bits per heavy atom. The maximum atomic E-state index is 14.1. The monoisotopic (exact) mass is 692 g/mol. The van der Waals surface area contributed by atoms with Crippen LogP contribution in [-0.2, 0) is 19.2 Å². The Morgan fingerprint density at radius 2 is 1.74 bits per heavy atom. The van der Waals surface area contributed by atoms with Crippen molar-refractivity contribution in [2.45, 2.75) is 28.5 Å². The number of phenols is 2. The van der Waals surface area contributed by atoms with Crippen LogP contribution in [0.2, 0.25) is 0 Å². The number of nitrogens with zero attached hydrogens (tertiary/aromatic N) is 2. The molecule has 0 radical (unpaired) electrons. The molecule has 4 amide bonds. The van der Waals surface area contributed by atoms with Crippen LogP contribution in [0.3, 0.4) is 0 Å². The van der Waals surface area contributed by atoms with Crippen LogP contribution in [0.4, 0.5) is 5.69 Å². The van der Waals surface area contributed by atoms with E-state index in [2.05, 4.69) is 15.9 Å². The van der Waals surface area contributed by atoms with Crippen molar-refractivity contribution >= 4 is 74.4 Å². The van der Waals surface area contributed by atoms with E-state index in [1.807, 2.05) is 0 Å². The molecule has 11 nitrogen and oxygen atoms in total. The minimum Gasteiger partial charge on any atom is -0.507 e. The standard InChI is InChI=1S/C29H23BrCl2N2O9/c1-33-26(41)28(31)10-17-13(21(29(28,32)27(33)42)16-7-11(30)8-19(43-2)22(16)36)5-6-15-20(17)24(38)34(23(15)37)12-3-4-14(25(39)40)18(35)9-12/h3-5,7-9,15,17,20-21,35-36H,6,10H2,1-2H3,(H,39,40)/t15-,17+,20-,21+,28+,29-/m0/s1. The maximum absolute atomic E-state index is 14.1. The van der Waals surface area contributed by atoms with Gasteiger partial charge in [0.05, 0.1) is 24.6 Å². The van der Waals surface area contributed by atoms with Crippen LogP contribution in [0.1, 0.15) is 34.7 Å². The number of ether oxygens (including phenoxy) is 1. The van der Waals surface area contributed by atoms with Gasteiger partial charge in [0, 0.05) is 29.1 Å². The van der Waals surface area contributed by atoms with Gasteiger partial charge in [-0.3, -0.25) is 24.1 Å². The van der Waals surface area contributed by atoms with Gasteiger partial charge in [-0.1, -0.05) is 27.6 Å². The highest BCUT2D eigenvalue weighted by molar-refractivity contribution is 9.10. The summed E-state index contributed by atoms with van der Waals surface area (Å²) < 4.78 is 5.80. The lowest BCUT2D eigenvalue weighted by Gasteiger charge is -2.50. The van der Waals surface area contributed by atoms with Crippen LogP contribution in [-0.4, -0.2) is 73.7 Å². The van der Waals surface area contributed by atoms with Crippen molar-refractivity contribution < 1.29 is 44.0 Å². The van der Waals surface area contributed by atoms with Gasteiger partial charge in [-0.2, -0.15) is 0 Å². The summed E-state index contributed by atoms with van der Waals surface area (Å²) in [6, 6.07) is 6.42. The third-order valence-corrected chi connectivity index (χ3v) is 11.0. The van der Waals surface area contributed by atoms with Crippen LogP contribution in [0.5, 0.6) is 17.2 Å². The zero-order chi connectivity index (χ0) is 31.3. The second kappa shape index (κ2) is 9.70. The molecular formula is C29H23BrCl2N2O9. The molecule has 0 unspecified atom stereocenters. The van der Waals surface area contributed by atoms with Gasteiger partial charge in [0.1, 0.15) is 11.3 Å². The number of phenolic OH excluding ortho intramolecular Hbond substituents is 1. The lowest BCUT2D eigenvalue weighted by Crippen LogP contribution is -2.60. The molecule has 2 aromatic rings. The van der Waals surface area contributed by atoms with E-state index in [1.165, 1.54) is 32.4 Å². The number of carbonyl (C=O) groups is 5. The second-order valence-electron chi connectivity index (χ2n) is 11.1. The molecule has 2 saturated heterocycles. The third kappa shape index (κ3) is 3.75. The molecule has 4 aliphatic rings. The van der Waals surface area contributed by atoms with Gasteiger partial charge < -0.3 is 20.1 Å². The third-order valence-electron chi connectivity index (χ3n) is 9.08. The number of carbonyl (C=O) groups excluding carboxylic acids is 4. The maximum Gasteiger partial charge on any atom is 0.339 e. The highest BCUT2D eigenvalue weighted by Gasteiger charge is 2.76. The molecule has 224 valence electrons. The van der Waals surface area contributed by atoms with E-state index in [4.69, 9.17) is 27.9 Å². The van der Waals surface area contributed by atoms with Gasteiger partial charge >= 0.3 is 5.97 Å². The van der Waals surface area contributed by atoms with Crippen molar-refractivity contribution in [3.63, 3.8) is 0 Å². The van der Waals surface area contributed by atoms with E-state index in [1.54, 1.807) is 6.08 Å². The number of carboxylic acids is 1. The number of carboxylic acid groups (broad SMARTS) is 1. The SMILES string of the molecule is COc1cc(Br)cc([C@H]2C3=CC[C@@H]4C(=O)N(c5ccc(C(=O)O)c(O)c5)C(=O)[C@@H]4[C@@H]3C[C@@]3(Cl)C(=O)N(C)C(=O)[C@@]23Cl)c1O. The number of likely N-dealkylation sites (tertiary alicyclic amines) is 1. The summed E-state index contributed by atoms with van der Waals surface area (Å²) in [6.07, 6.45) is 1.53. The number of alkyl halides is 2. The van der Waals surface area contributed by atoms with Gasteiger partial charge in [0.2, 0.25) is 11.8 Å². The summed E-state index contributed by atoms with van der Waals surface area (Å²) in [5, 5.41) is 30.8. The summed E-state index contributed by atoms with van der Waals surface area (Å²) in [7, 11) is 2.60. The number of aromatic hydroxyl groups is 2. The Morgan fingerprint density at radius 3 is 2.37 bits per heavy atom. The number of anilines is 1. The van der Waals surface area contributed by atoms with Gasteiger partial charge in [0.15, 0.2) is 21.2 Å². The van der Waals surface area contributed by atoms with E-state index in [9.17, 15) is 39.3 Å². The second-order valence-corrected chi connectivity index (χ2v) is 13.2. The van der Waals surface area contributed by atoms with Crippen LogP contribution < -0.4 is 9.64 Å². The first-order valence-corrected chi connectivity index (χ1v) is 14.6. The Hall–Kier alpha value is -3.61. The Balaban J connectivity index is 1.52. The normalized spacial score (nSPS) is 31.5. The first-order valence-electron chi connectivity index (χ1n) is 13.1. The minimum atomic E-state index is -2.09. The molecule has 3 fully saturated rings. The largest absolute Gasteiger partial charge is 0.507 e. The molecule has 2 aliphatic heterocycles. The first kappa shape index (κ1) is 29.5. The number of halogens is 3. The molecule has 2 aliphatic carbocycles. The molecule has 1 saturated carbocycles. The molecule has 6 rings (SSSR count). The van der Waals surface area contributed by atoms with E-state index < -0.39 is 74.3 Å². The number of methoxy groups -OCH3 is 1. The number of rotatable bonds is 4. The quantitative estimate of drug-likeness (QED) is 0.246. The number of allylic oxidation sites excluding steroid dienone is 2. The van der Waals surface area contributed by atoms with Crippen molar-refractivity contribution in [1.82, 2.24) is 4.90 Å². The fraction of sp³-hybridized carbons (Fsp3) is 0.345. The Kier molecular flexibility index (Phi) is 6.64. The average Bonchev–Trinajstić information content (AvgIpc) is 3.28. The molecule has 0 spiro atoms. The topological polar surface area (TPSA) is 162 Å². The molecule has 0 bridgehead atoms. The number of benzene rings is 2. The van der Waals surface area contributed by atoms with Crippen LogP contribution in [0.25, 0.3) is 0 Å². The van der Waals surface area contributed by atoms with Crippen molar-refractivity contribution in [2.75, 3.05) is 19.1 Å². The molecule has 2 heterocycles. The first-order chi connectivity index (χ1) is 20.2. The van der Waals surface area contributed by atoms with Crippen molar-refractivity contribution in [2.24, 2.45) is 17.8 Å². The molecular weight excluding hydrogens is 671 g/mol. The smallest absolute Gasteiger partial charge is 0.339 e. The zero-order valence-electron chi connectivity index (χ0n) is 22.5. The summed E-state index contributed by atoms with van der Waals surface area (Å²) in [6.45, 7) is 0. The Bertz CT molecular complexity index is 1710. The van der Waals surface area contributed by atoms with Crippen molar-refractivity contribution in [3.05, 3.63) is 57.6 Å². The number of amides is 4. The predicted octanol–water partition coefficient (Wildman–Crippen LogP) is 3.76. The predicted molar refractivity (Wildman–Crippen MR) is 155 cm³/mol. The van der Waals surface area contributed by atoms with E-state index in [0.717, 1.165) is 21.9 Å². The van der Waals surface area contributed by atoms with Crippen LogP contribution in [0.15, 0.2) is 46.5 Å². The van der Waals surface area contributed by atoms with E-state index >= 15 is 0 Å². The van der Waals surface area contributed by atoms with E-state index in [-0.39, 0.29) is 35.6 Å². The number of aromatic carboxylic acids is 1. The molecule has 0 aromatic heterocycles. The molecule has 14 heteroatoms. The highest BCUT2D eigenvalue weighted by atomic mass is 79.9.